The number of sulfone groups is 1. The van der Waals surface area contributed by atoms with Crippen molar-refractivity contribution in [1.29, 1.82) is 0 Å². The predicted octanol–water partition coefficient (Wildman–Crippen LogP) is 4.79. The van der Waals surface area contributed by atoms with Crippen molar-refractivity contribution in [3.05, 3.63) is 66.7 Å². The molecule has 1 fully saturated rings. The van der Waals surface area contributed by atoms with Gasteiger partial charge in [0.15, 0.2) is 0 Å². The quantitative estimate of drug-likeness (QED) is 0.267. The van der Waals surface area contributed by atoms with Gasteiger partial charge in [-0.2, -0.15) is 4.98 Å². The van der Waals surface area contributed by atoms with Gasteiger partial charge in [0, 0.05) is 32.6 Å². The number of para-hydroxylation sites is 1. The lowest BCUT2D eigenvalue weighted by molar-refractivity contribution is 0.284. The summed E-state index contributed by atoms with van der Waals surface area (Å²) in [6.45, 7) is 1.10. The van der Waals surface area contributed by atoms with Crippen LogP contribution in [0, 0.1) is 11.8 Å². The third-order valence-corrected chi connectivity index (χ3v) is 12.5. The Morgan fingerprint density at radius 2 is 1.43 bits per heavy atom. The van der Waals surface area contributed by atoms with Crippen LogP contribution in [-0.4, -0.2) is 54.0 Å². The molecule has 12 heteroatoms. The fourth-order valence-electron chi connectivity index (χ4n) is 4.96. The molecule has 4 aromatic rings. The van der Waals surface area contributed by atoms with E-state index in [0.29, 0.717) is 18.4 Å². The van der Waals surface area contributed by atoms with Crippen LogP contribution >= 0.6 is 11.3 Å². The molecule has 0 radical (unpaired) electrons. The summed E-state index contributed by atoms with van der Waals surface area (Å²) in [6.07, 6.45) is 3.78. The first-order valence-corrected chi connectivity index (χ1v) is 17.0. The van der Waals surface area contributed by atoms with E-state index >= 15 is 0 Å². The molecule has 0 bridgehead atoms. The maximum absolute atomic E-state index is 12.9. The highest BCUT2D eigenvalue weighted by atomic mass is 32.3. The van der Waals surface area contributed by atoms with Crippen LogP contribution in [0.15, 0.2) is 80.0 Å². The van der Waals surface area contributed by atoms with Crippen molar-refractivity contribution in [2.75, 3.05) is 37.4 Å². The molecule has 0 saturated heterocycles. The number of sulfonamides is 1. The van der Waals surface area contributed by atoms with Crippen molar-refractivity contribution in [3.8, 4) is 0 Å². The lowest BCUT2D eigenvalue weighted by atomic mass is 9.82. The lowest BCUT2D eigenvalue weighted by Gasteiger charge is -2.28. The fourth-order valence-corrected chi connectivity index (χ4v) is 9.31. The molecule has 5 rings (SSSR count). The molecule has 0 unspecified atom stereocenters. The Bertz CT molecular complexity index is 1680. The van der Waals surface area contributed by atoms with E-state index < -0.39 is 19.9 Å². The molecule has 212 valence electrons. The SMILES string of the molecule is CN(C)c1nc(NC[C@H]2CC[C@H](CNS(=O)(=O)c3ccc(S(=O)(=O)c4ccccc4)s3)CC2)nc2ccccc12. The third kappa shape index (κ3) is 6.30. The molecule has 0 aliphatic heterocycles. The molecule has 9 nitrogen and oxygen atoms in total. The smallest absolute Gasteiger partial charge is 0.250 e. The van der Waals surface area contributed by atoms with Gasteiger partial charge >= 0.3 is 0 Å². The Morgan fingerprint density at radius 3 is 2.12 bits per heavy atom. The Labute approximate surface area is 239 Å². The lowest BCUT2D eigenvalue weighted by Crippen LogP contribution is -2.32. The van der Waals surface area contributed by atoms with Crippen LogP contribution in [0.1, 0.15) is 25.7 Å². The molecule has 2 N–H and O–H groups in total. The van der Waals surface area contributed by atoms with Crippen molar-refractivity contribution < 1.29 is 16.8 Å². The van der Waals surface area contributed by atoms with Crippen LogP contribution in [0.2, 0.25) is 0 Å². The first-order chi connectivity index (χ1) is 19.1. The van der Waals surface area contributed by atoms with E-state index in [2.05, 4.69) is 15.0 Å². The number of thiophene rings is 1. The molecule has 1 saturated carbocycles. The maximum Gasteiger partial charge on any atom is 0.250 e. The Balaban J connectivity index is 1.13. The average Bonchev–Trinajstić information content (AvgIpc) is 3.48. The highest BCUT2D eigenvalue weighted by Gasteiger charge is 2.26. The Hall–Kier alpha value is -3.06. The van der Waals surface area contributed by atoms with Crippen LogP contribution in [0.4, 0.5) is 11.8 Å². The summed E-state index contributed by atoms with van der Waals surface area (Å²) in [4.78, 5) is 11.5. The summed E-state index contributed by atoms with van der Waals surface area (Å²) < 4.78 is 54.2. The topological polar surface area (TPSA) is 121 Å². The van der Waals surface area contributed by atoms with Crippen molar-refractivity contribution in [2.24, 2.45) is 11.8 Å². The number of benzene rings is 2. The summed E-state index contributed by atoms with van der Waals surface area (Å²) in [5.74, 6) is 2.17. The molecule has 0 atom stereocenters. The zero-order valence-corrected chi connectivity index (χ0v) is 24.9. The van der Waals surface area contributed by atoms with Gasteiger partial charge in [0.05, 0.1) is 10.4 Å². The van der Waals surface area contributed by atoms with Crippen molar-refractivity contribution >= 4 is 53.9 Å². The van der Waals surface area contributed by atoms with Crippen LogP contribution in [-0.2, 0) is 19.9 Å². The van der Waals surface area contributed by atoms with Crippen LogP contribution in [0.5, 0.6) is 0 Å². The minimum atomic E-state index is -3.80. The predicted molar refractivity (Wildman–Crippen MR) is 159 cm³/mol. The van der Waals surface area contributed by atoms with E-state index in [9.17, 15) is 16.8 Å². The number of fused-ring (bicyclic) bond motifs is 1. The minimum Gasteiger partial charge on any atom is -0.362 e. The van der Waals surface area contributed by atoms with Crippen LogP contribution in [0.3, 0.4) is 0 Å². The fraction of sp³-hybridized carbons (Fsp3) is 0.357. The summed E-state index contributed by atoms with van der Waals surface area (Å²) in [5, 5.41) is 4.42. The number of hydrogen-bond donors (Lipinski definition) is 2. The number of aromatic nitrogens is 2. The largest absolute Gasteiger partial charge is 0.362 e. The van der Waals surface area contributed by atoms with E-state index in [-0.39, 0.29) is 19.2 Å². The highest BCUT2D eigenvalue weighted by molar-refractivity contribution is 7.95. The van der Waals surface area contributed by atoms with E-state index in [4.69, 9.17) is 4.98 Å². The van der Waals surface area contributed by atoms with Gasteiger partial charge in [0.1, 0.15) is 14.2 Å². The Morgan fingerprint density at radius 1 is 0.800 bits per heavy atom. The van der Waals surface area contributed by atoms with Gasteiger partial charge in [-0.05, 0) is 73.9 Å². The van der Waals surface area contributed by atoms with E-state index in [0.717, 1.165) is 60.3 Å². The monoisotopic (exact) mass is 599 g/mol. The summed E-state index contributed by atoms with van der Waals surface area (Å²) in [5.41, 5.74) is 0.898. The molecule has 2 heterocycles. The third-order valence-electron chi connectivity index (χ3n) is 7.22. The molecular formula is C28H33N5O4S3. The molecule has 2 aromatic heterocycles. The first-order valence-electron chi connectivity index (χ1n) is 13.2. The highest BCUT2D eigenvalue weighted by Crippen LogP contribution is 2.32. The summed E-state index contributed by atoms with van der Waals surface area (Å²) in [6, 6.07) is 18.7. The summed E-state index contributed by atoms with van der Waals surface area (Å²) in [7, 11) is -3.61. The zero-order chi connectivity index (χ0) is 28.3. The number of nitrogens with zero attached hydrogens (tertiary/aromatic N) is 3. The van der Waals surface area contributed by atoms with E-state index in [1.54, 1.807) is 18.2 Å². The van der Waals surface area contributed by atoms with Gasteiger partial charge < -0.3 is 10.2 Å². The number of hydrogen-bond acceptors (Lipinski definition) is 9. The van der Waals surface area contributed by atoms with Gasteiger partial charge in [-0.25, -0.2) is 26.5 Å². The van der Waals surface area contributed by atoms with E-state index in [1.165, 1.54) is 24.3 Å². The minimum absolute atomic E-state index is 0.00682. The molecular weight excluding hydrogens is 567 g/mol. The number of rotatable bonds is 10. The second-order valence-corrected chi connectivity index (χ2v) is 15.5. The van der Waals surface area contributed by atoms with Gasteiger partial charge in [-0.15, -0.1) is 11.3 Å². The molecule has 1 aliphatic rings. The zero-order valence-electron chi connectivity index (χ0n) is 22.4. The molecule has 2 aromatic carbocycles. The van der Waals surface area contributed by atoms with Gasteiger partial charge in [0.2, 0.25) is 25.8 Å². The average molecular weight is 600 g/mol. The van der Waals surface area contributed by atoms with Crippen molar-refractivity contribution in [3.63, 3.8) is 0 Å². The summed E-state index contributed by atoms with van der Waals surface area (Å²) >= 11 is 0.775. The van der Waals surface area contributed by atoms with Crippen molar-refractivity contribution in [1.82, 2.24) is 14.7 Å². The maximum atomic E-state index is 12.9. The normalized spacial score (nSPS) is 18.1. The number of nitrogens with one attached hydrogen (secondary N) is 2. The van der Waals surface area contributed by atoms with Gasteiger partial charge in [-0.3, -0.25) is 0 Å². The van der Waals surface area contributed by atoms with Gasteiger partial charge in [-0.1, -0.05) is 30.3 Å². The molecule has 0 amide bonds. The second kappa shape index (κ2) is 11.8. The number of anilines is 2. The molecule has 40 heavy (non-hydrogen) atoms. The standard InChI is InChI=1S/C28H33N5O4S3/c1-33(2)27-23-10-6-7-11-24(23)31-28(32-27)29-18-20-12-14-21(15-13-20)19-30-40(36,37)26-17-16-25(38-26)39(34,35)22-8-4-3-5-9-22/h3-11,16-17,20-21,30H,12-15,18-19H2,1-2H3,(H,29,31,32)/t20-,21-. The first kappa shape index (κ1) is 28.5. The van der Waals surface area contributed by atoms with Crippen molar-refractivity contribution in [2.45, 2.75) is 39.0 Å². The van der Waals surface area contributed by atoms with Crippen LogP contribution in [0.25, 0.3) is 10.9 Å². The van der Waals surface area contributed by atoms with Gasteiger partial charge in [0.25, 0.3) is 0 Å². The molecule has 1 aliphatic carbocycles. The molecule has 0 spiro atoms. The van der Waals surface area contributed by atoms with E-state index in [1.807, 2.05) is 43.3 Å². The van der Waals surface area contributed by atoms with Crippen LogP contribution < -0.4 is 14.9 Å². The Kier molecular flexibility index (Phi) is 8.41. The second-order valence-electron chi connectivity index (χ2n) is 10.3.